The van der Waals surface area contributed by atoms with E-state index in [0.717, 1.165) is 18.2 Å². The highest BCUT2D eigenvalue weighted by Crippen LogP contribution is 2.39. The number of nitrogens with zero attached hydrogens (tertiary/aromatic N) is 2. The summed E-state index contributed by atoms with van der Waals surface area (Å²) in [6.07, 6.45) is 1.20. The standard InChI is InChI=1S/C12H7Cl2FN2O4/c1-20-12-10(15)4-7(5-16-12)21-11-8(13)2-6(17(18)19)3-9(11)14/h2-5H,1H3. The smallest absolute Gasteiger partial charge is 0.272 e. The highest BCUT2D eigenvalue weighted by Gasteiger charge is 2.17. The molecule has 0 aliphatic rings. The molecule has 0 N–H and O–H groups in total. The molecule has 110 valence electrons. The first-order valence-electron chi connectivity index (χ1n) is 5.43. The molecule has 0 aliphatic carbocycles. The molecular formula is C12H7Cl2FN2O4. The van der Waals surface area contributed by atoms with Gasteiger partial charge in [0.25, 0.3) is 5.69 Å². The Bertz CT molecular complexity index is 689. The molecule has 0 saturated heterocycles. The second-order valence-corrected chi connectivity index (χ2v) is 4.57. The minimum absolute atomic E-state index is 0.0194. The number of pyridine rings is 1. The van der Waals surface area contributed by atoms with E-state index in [1.54, 1.807) is 0 Å². The number of hydrogen-bond acceptors (Lipinski definition) is 5. The second-order valence-electron chi connectivity index (χ2n) is 3.76. The van der Waals surface area contributed by atoms with Gasteiger partial charge in [-0.25, -0.2) is 9.37 Å². The van der Waals surface area contributed by atoms with Gasteiger partial charge in [0.15, 0.2) is 11.6 Å². The lowest BCUT2D eigenvalue weighted by atomic mass is 10.3. The van der Waals surface area contributed by atoms with Crippen molar-refractivity contribution in [3.63, 3.8) is 0 Å². The number of halogens is 3. The third-order valence-electron chi connectivity index (χ3n) is 2.39. The number of aromatic nitrogens is 1. The van der Waals surface area contributed by atoms with Gasteiger partial charge in [-0.05, 0) is 0 Å². The van der Waals surface area contributed by atoms with E-state index in [1.807, 2.05) is 0 Å². The monoisotopic (exact) mass is 332 g/mol. The van der Waals surface area contributed by atoms with Gasteiger partial charge < -0.3 is 9.47 Å². The van der Waals surface area contributed by atoms with Crippen LogP contribution in [0, 0.1) is 15.9 Å². The summed E-state index contributed by atoms with van der Waals surface area (Å²) in [5.41, 5.74) is -0.281. The molecule has 0 radical (unpaired) electrons. The zero-order valence-corrected chi connectivity index (χ0v) is 12.0. The fourth-order valence-electron chi connectivity index (χ4n) is 1.48. The molecule has 0 unspecified atom stereocenters. The van der Waals surface area contributed by atoms with Crippen LogP contribution in [0.1, 0.15) is 0 Å². The van der Waals surface area contributed by atoms with Crippen molar-refractivity contribution in [3.8, 4) is 17.4 Å². The number of nitro groups is 1. The van der Waals surface area contributed by atoms with Crippen molar-refractivity contribution in [2.45, 2.75) is 0 Å². The van der Waals surface area contributed by atoms with E-state index in [-0.39, 0.29) is 33.1 Å². The largest absolute Gasteiger partial charge is 0.479 e. The third-order valence-corrected chi connectivity index (χ3v) is 2.95. The fraction of sp³-hybridized carbons (Fsp3) is 0.0833. The Morgan fingerprint density at radius 2 is 1.90 bits per heavy atom. The predicted octanol–water partition coefficient (Wildman–Crippen LogP) is 4.24. The molecule has 1 aromatic carbocycles. The van der Waals surface area contributed by atoms with Gasteiger partial charge in [0.05, 0.1) is 28.3 Å². The quantitative estimate of drug-likeness (QED) is 0.618. The summed E-state index contributed by atoms with van der Waals surface area (Å²) in [6, 6.07) is 3.19. The van der Waals surface area contributed by atoms with Crippen LogP contribution in [0.25, 0.3) is 0 Å². The van der Waals surface area contributed by atoms with Crippen molar-refractivity contribution >= 4 is 28.9 Å². The highest BCUT2D eigenvalue weighted by molar-refractivity contribution is 6.37. The molecule has 0 fully saturated rings. The highest BCUT2D eigenvalue weighted by atomic mass is 35.5. The summed E-state index contributed by atoms with van der Waals surface area (Å²) >= 11 is 11.7. The zero-order chi connectivity index (χ0) is 15.6. The van der Waals surface area contributed by atoms with E-state index in [9.17, 15) is 14.5 Å². The van der Waals surface area contributed by atoms with Gasteiger partial charge in [-0.3, -0.25) is 10.1 Å². The molecule has 6 nitrogen and oxygen atoms in total. The maximum Gasteiger partial charge on any atom is 0.272 e. The number of nitro benzene ring substituents is 1. The molecule has 0 atom stereocenters. The molecule has 0 spiro atoms. The van der Waals surface area contributed by atoms with E-state index >= 15 is 0 Å². The van der Waals surface area contributed by atoms with Crippen LogP contribution in [-0.2, 0) is 0 Å². The van der Waals surface area contributed by atoms with Crippen molar-refractivity contribution in [2.24, 2.45) is 0 Å². The first-order chi connectivity index (χ1) is 9.92. The fourth-order valence-corrected chi connectivity index (χ4v) is 2.03. The number of hydrogen-bond donors (Lipinski definition) is 0. The van der Waals surface area contributed by atoms with Crippen molar-refractivity contribution in [1.82, 2.24) is 4.98 Å². The molecule has 0 amide bonds. The van der Waals surface area contributed by atoms with Crippen molar-refractivity contribution < 1.29 is 18.8 Å². The predicted molar refractivity (Wildman–Crippen MR) is 73.9 cm³/mol. The molecule has 0 bridgehead atoms. The first-order valence-corrected chi connectivity index (χ1v) is 6.18. The minimum Gasteiger partial charge on any atom is -0.479 e. The summed E-state index contributed by atoms with van der Waals surface area (Å²) < 4.78 is 23.5. The van der Waals surface area contributed by atoms with Crippen molar-refractivity contribution in [2.75, 3.05) is 7.11 Å². The summed E-state index contributed by atoms with van der Waals surface area (Å²) in [5, 5.41) is 10.5. The minimum atomic E-state index is -0.732. The van der Waals surface area contributed by atoms with Crippen molar-refractivity contribution in [1.29, 1.82) is 0 Å². The molecule has 1 heterocycles. The topological polar surface area (TPSA) is 74.5 Å². The maximum absolute atomic E-state index is 13.5. The molecule has 1 aromatic heterocycles. The average Bonchev–Trinajstić information content (AvgIpc) is 2.42. The Morgan fingerprint density at radius 1 is 1.29 bits per heavy atom. The van der Waals surface area contributed by atoms with Crippen LogP contribution in [-0.4, -0.2) is 17.0 Å². The van der Waals surface area contributed by atoms with Gasteiger partial charge in [0.1, 0.15) is 5.75 Å². The Balaban J connectivity index is 2.35. The Hall–Kier alpha value is -2.12. The lowest BCUT2D eigenvalue weighted by Crippen LogP contribution is -1.95. The van der Waals surface area contributed by atoms with E-state index in [4.69, 9.17) is 27.9 Å². The van der Waals surface area contributed by atoms with Gasteiger partial charge in [-0.2, -0.15) is 0 Å². The molecule has 21 heavy (non-hydrogen) atoms. The van der Waals surface area contributed by atoms with Crippen LogP contribution in [0.4, 0.5) is 10.1 Å². The number of non-ortho nitro benzene ring substituents is 1. The van der Waals surface area contributed by atoms with Crippen LogP contribution in [0.2, 0.25) is 10.0 Å². The zero-order valence-electron chi connectivity index (χ0n) is 10.5. The number of ether oxygens (including phenoxy) is 2. The normalized spacial score (nSPS) is 10.3. The Morgan fingerprint density at radius 3 is 2.38 bits per heavy atom. The van der Waals surface area contributed by atoms with Crippen LogP contribution in [0.15, 0.2) is 24.4 Å². The summed E-state index contributed by atoms with van der Waals surface area (Å²) in [5.74, 6) is -0.936. The van der Waals surface area contributed by atoms with Gasteiger partial charge in [-0.1, -0.05) is 23.2 Å². The average molecular weight is 333 g/mol. The maximum atomic E-state index is 13.5. The molecule has 0 saturated carbocycles. The molecule has 2 rings (SSSR count). The van der Waals surface area contributed by atoms with Gasteiger partial charge in [0, 0.05) is 18.2 Å². The Kier molecular flexibility index (Phi) is 4.44. The second kappa shape index (κ2) is 6.11. The summed E-state index contributed by atoms with van der Waals surface area (Å²) in [6.45, 7) is 0. The summed E-state index contributed by atoms with van der Waals surface area (Å²) in [7, 11) is 1.27. The van der Waals surface area contributed by atoms with Crippen LogP contribution >= 0.6 is 23.2 Å². The molecular weight excluding hydrogens is 326 g/mol. The van der Waals surface area contributed by atoms with E-state index in [0.29, 0.717) is 0 Å². The van der Waals surface area contributed by atoms with E-state index in [2.05, 4.69) is 9.72 Å². The van der Waals surface area contributed by atoms with E-state index in [1.165, 1.54) is 13.3 Å². The summed E-state index contributed by atoms with van der Waals surface area (Å²) in [4.78, 5) is 13.7. The molecule has 2 aromatic rings. The van der Waals surface area contributed by atoms with Gasteiger partial charge in [0.2, 0.25) is 5.88 Å². The van der Waals surface area contributed by atoms with Crippen LogP contribution < -0.4 is 9.47 Å². The lowest BCUT2D eigenvalue weighted by molar-refractivity contribution is -0.384. The number of methoxy groups -OCH3 is 1. The number of benzene rings is 1. The first kappa shape index (κ1) is 15.3. The van der Waals surface area contributed by atoms with Gasteiger partial charge in [-0.15, -0.1) is 0 Å². The van der Waals surface area contributed by atoms with Crippen LogP contribution in [0.5, 0.6) is 17.4 Å². The lowest BCUT2D eigenvalue weighted by Gasteiger charge is -2.10. The SMILES string of the molecule is COc1ncc(Oc2c(Cl)cc([N+](=O)[O-])cc2Cl)cc1F. The molecule has 0 aliphatic heterocycles. The Labute approximate surface area is 128 Å². The third kappa shape index (κ3) is 3.32. The van der Waals surface area contributed by atoms with E-state index < -0.39 is 10.7 Å². The number of rotatable bonds is 4. The molecule has 9 heteroatoms. The van der Waals surface area contributed by atoms with Gasteiger partial charge >= 0.3 is 0 Å². The van der Waals surface area contributed by atoms with Crippen molar-refractivity contribution in [3.05, 3.63) is 50.4 Å². The van der Waals surface area contributed by atoms with Crippen LogP contribution in [0.3, 0.4) is 0 Å².